The molecule has 7 heteroatoms. The van der Waals surface area contributed by atoms with Gasteiger partial charge in [-0.2, -0.15) is 0 Å². The zero-order valence-corrected chi connectivity index (χ0v) is 13.4. The van der Waals surface area contributed by atoms with E-state index >= 15 is 0 Å². The summed E-state index contributed by atoms with van der Waals surface area (Å²) in [6.45, 7) is 1.76. The molecule has 120 valence electrons. The number of nitrogens with one attached hydrogen (secondary N) is 1. The van der Waals surface area contributed by atoms with Crippen LogP contribution >= 0.6 is 11.8 Å². The number of ether oxygens (including phenoxy) is 2. The van der Waals surface area contributed by atoms with Gasteiger partial charge in [-0.1, -0.05) is 17.8 Å². The molecule has 0 unspecified atom stereocenters. The molecular weight excluding hydrogens is 304 g/mol. The standard InChI is InChI=1S/C13H16N2O2S.C2H4O2/c1-16-10-2-3-11-9(5-7-18-13(14)15)4-6-17-12(11)8-10;1-2(3)4/h2-3,5,8H,4,6-7H2,1H3,(H3,14,15);1H3,(H,3,4)/b9-5+;. The lowest BCUT2D eigenvalue weighted by atomic mass is 9.99. The maximum atomic E-state index is 9.00. The Morgan fingerprint density at radius 3 is 2.86 bits per heavy atom. The molecule has 0 saturated heterocycles. The maximum absolute atomic E-state index is 9.00. The van der Waals surface area contributed by atoms with Gasteiger partial charge in [0.1, 0.15) is 11.5 Å². The van der Waals surface area contributed by atoms with Gasteiger partial charge in [-0.25, -0.2) is 0 Å². The van der Waals surface area contributed by atoms with Gasteiger partial charge in [-0.15, -0.1) is 0 Å². The van der Waals surface area contributed by atoms with E-state index < -0.39 is 5.97 Å². The predicted octanol–water partition coefficient (Wildman–Crippen LogP) is 2.58. The molecule has 1 aliphatic heterocycles. The molecule has 1 aliphatic rings. The number of aliphatic carboxylic acids is 1. The van der Waals surface area contributed by atoms with Gasteiger partial charge in [0, 0.05) is 30.7 Å². The Balaban J connectivity index is 0.000000541. The number of nitrogens with two attached hydrogens (primary N) is 1. The number of hydrogen-bond acceptors (Lipinski definition) is 5. The van der Waals surface area contributed by atoms with Crippen molar-refractivity contribution in [2.75, 3.05) is 19.5 Å². The van der Waals surface area contributed by atoms with Crippen molar-refractivity contribution in [3.63, 3.8) is 0 Å². The highest BCUT2D eigenvalue weighted by Gasteiger charge is 2.15. The van der Waals surface area contributed by atoms with E-state index in [9.17, 15) is 0 Å². The summed E-state index contributed by atoms with van der Waals surface area (Å²) >= 11 is 1.33. The number of hydrogen-bond donors (Lipinski definition) is 3. The number of fused-ring (bicyclic) bond motifs is 1. The number of carboxylic acid groups (broad SMARTS) is 1. The third-order valence-electron chi connectivity index (χ3n) is 2.73. The number of benzene rings is 1. The second-order valence-corrected chi connectivity index (χ2v) is 5.45. The van der Waals surface area contributed by atoms with E-state index in [-0.39, 0.29) is 5.17 Å². The fourth-order valence-electron chi connectivity index (χ4n) is 1.86. The molecular formula is C15H20N2O4S. The van der Waals surface area contributed by atoms with Gasteiger partial charge in [-0.05, 0) is 17.7 Å². The van der Waals surface area contributed by atoms with Crippen LogP contribution in [0.15, 0.2) is 24.3 Å². The van der Waals surface area contributed by atoms with Crippen molar-refractivity contribution in [3.05, 3.63) is 29.8 Å². The van der Waals surface area contributed by atoms with Crippen molar-refractivity contribution in [2.24, 2.45) is 5.73 Å². The van der Waals surface area contributed by atoms with Gasteiger partial charge >= 0.3 is 0 Å². The summed E-state index contributed by atoms with van der Waals surface area (Å²) in [7, 11) is 1.64. The van der Waals surface area contributed by atoms with Crippen LogP contribution in [0.4, 0.5) is 0 Å². The van der Waals surface area contributed by atoms with Gasteiger partial charge in [0.25, 0.3) is 5.97 Å². The molecule has 0 bridgehead atoms. The van der Waals surface area contributed by atoms with Crippen LogP contribution in [0.3, 0.4) is 0 Å². The van der Waals surface area contributed by atoms with E-state index in [0.29, 0.717) is 6.61 Å². The topological polar surface area (TPSA) is 106 Å². The second-order valence-electron chi connectivity index (χ2n) is 4.38. The lowest BCUT2D eigenvalue weighted by Crippen LogP contribution is -2.08. The van der Waals surface area contributed by atoms with Gasteiger partial charge < -0.3 is 20.3 Å². The molecule has 6 nitrogen and oxygen atoms in total. The van der Waals surface area contributed by atoms with Crippen molar-refractivity contribution < 1.29 is 19.4 Å². The Labute approximate surface area is 133 Å². The number of thioether (sulfide) groups is 1. The van der Waals surface area contributed by atoms with E-state index in [1.165, 1.54) is 17.3 Å². The average molecular weight is 324 g/mol. The molecule has 0 spiro atoms. The minimum atomic E-state index is -0.833. The van der Waals surface area contributed by atoms with Crippen LogP contribution < -0.4 is 15.2 Å². The zero-order valence-electron chi connectivity index (χ0n) is 12.6. The molecule has 0 amide bonds. The normalized spacial score (nSPS) is 14.2. The fourth-order valence-corrected chi connectivity index (χ4v) is 2.33. The first-order valence-electron chi connectivity index (χ1n) is 6.60. The minimum absolute atomic E-state index is 0.147. The Morgan fingerprint density at radius 2 is 2.27 bits per heavy atom. The molecule has 1 aromatic rings. The molecule has 22 heavy (non-hydrogen) atoms. The smallest absolute Gasteiger partial charge is 0.300 e. The van der Waals surface area contributed by atoms with Crippen LogP contribution in [-0.4, -0.2) is 35.7 Å². The Hall–Kier alpha value is -2.15. The number of carboxylic acids is 1. The van der Waals surface area contributed by atoms with Gasteiger partial charge in [0.2, 0.25) is 0 Å². The first-order chi connectivity index (χ1) is 10.4. The van der Waals surface area contributed by atoms with E-state index in [1.807, 2.05) is 18.2 Å². The number of methoxy groups -OCH3 is 1. The summed E-state index contributed by atoms with van der Waals surface area (Å²) in [6, 6.07) is 5.84. The summed E-state index contributed by atoms with van der Waals surface area (Å²) in [5, 5.41) is 14.7. The lowest BCUT2D eigenvalue weighted by Gasteiger charge is -2.20. The van der Waals surface area contributed by atoms with Crippen molar-refractivity contribution in [1.82, 2.24) is 0 Å². The van der Waals surface area contributed by atoms with E-state index in [4.69, 9.17) is 30.5 Å². The number of amidine groups is 1. The average Bonchev–Trinajstić information content (AvgIpc) is 2.46. The molecule has 0 aromatic heterocycles. The third-order valence-corrected chi connectivity index (χ3v) is 3.38. The zero-order chi connectivity index (χ0) is 16.5. The van der Waals surface area contributed by atoms with E-state index in [0.717, 1.165) is 36.2 Å². The van der Waals surface area contributed by atoms with Crippen LogP contribution in [0.5, 0.6) is 11.5 Å². The quantitative estimate of drug-likeness (QED) is 0.583. The van der Waals surface area contributed by atoms with Crippen molar-refractivity contribution >= 4 is 28.5 Å². The Bertz CT molecular complexity index is 569. The molecule has 0 atom stereocenters. The van der Waals surface area contributed by atoms with Crippen LogP contribution in [-0.2, 0) is 4.79 Å². The largest absolute Gasteiger partial charge is 0.497 e. The Morgan fingerprint density at radius 1 is 1.59 bits per heavy atom. The highest BCUT2D eigenvalue weighted by Crippen LogP contribution is 2.35. The molecule has 0 fully saturated rings. The SMILES string of the molecule is CC(=O)O.COc1ccc2c(c1)OCC/C2=C\CSC(=N)N. The summed E-state index contributed by atoms with van der Waals surface area (Å²) in [4.78, 5) is 9.00. The third kappa shape index (κ3) is 6.09. The first-order valence-corrected chi connectivity index (χ1v) is 7.59. The predicted molar refractivity (Wildman–Crippen MR) is 88.8 cm³/mol. The lowest BCUT2D eigenvalue weighted by molar-refractivity contribution is -0.134. The number of carbonyl (C=O) groups is 1. The first kappa shape index (κ1) is 17.9. The van der Waals surface area contributed by atoms with Crippen LogP contribution in [0.25, 0.3) is 5.57 Å². The van der Waals surface area contributed by atoms with E-state index in [2.05, 4.69) is 6.08 Å². The van der Waals surface area contributed by atoms with Gasteiger partial charge in [0.15, 0.2) is 5.17 Å². The monoisotopic (exact) mass is 324 g/mol. The molecule has 4 N–H and O–H groups in total. The molecule has 0 radical (unpaired) electrons. The molecule has 2 rings (SSSR count). The minimum Gasteiger partial charge on any atom is -0.497 e. The molecule has 1 heterocycles. The van der Waals surface area contributed by atoms with Gasteiger partial charge in [-0.3, -0.25) is 10.2 Å². The highest BCUT2D eigenvalue weighted by molar-refractivity contribution is 8.13. The van der Waals surface area contributed by atoms with E-state index in [1.54, 1.807) is 7.11 Å². The molecule has 1 aromatic carbocycles. The fraction of sp³-hybridized carbons (Fsp3) is 0.333. The Kier molecular flexibility index (Phi) is 7.31. The van der Waals surface area contributed by atoms with Crippen molar-refractivity contribution in [3.8, 4) is 11.5 Å². The second kappa shape index (κ2) is 8.99. The van der Waals surface area contributed by atoms with Crippen molar-refractivity contribution in [1.29, 1.82) is 5.41 Å². The van der Waals surface area contributed by atoms with Crippen LogP contribution in [0.1, 0.15) is 18.9 Å². The summed E-state index contributed by atoms with van der Waals surface area (Å²) in [5.74, 6) is 1.55. The maximum Gasteiger partial charge on any atom is 0.300 e. The summed E-state index contributed by atoms with van der Waals surface area (Å²) in [6.07, 6.45) is 3.00. The van der Waals surface area contributed by atoms with Crippen LogP contribution in [0, 0.1) is 5.41 Å². The summed E-state index contributed by atoms with van der Waals surface area (Å²) in [5.41, 5.74) is 7.66. The van der Waals surface area contributed by atoms with Gasteiger partial charge in [0.05, 0.1) is 13.7 Å². The summed E-state index contributed by atoms with van der Waals surface area (Å²) < 4.78 is 10.8. The highest BCUT2D eigenvalue weighted by atomic mass is 32.2. The van der Waals surface area contributed by atoms with Crippen LogP contribution in [0.2, 0.25) is 0 Å². The number of rotatable bonds is 3. The molecule has 0 saturated carbocycles. The molecule has 0 aliphatic carbocycles. The van der Waals surface area contributed by atoms with Crippen molar-refractivity contribution in [2.45, 2.75) is 13.3 Å².